The lowest BCUT2D eigenvalue weighted by Crippen LogP contribution is -2.46. The Bertz CT molecular complexity index is 1010. The van der Waals surface area contributed by atoms with E-state index in [1.54, 1.807) is 26.8 Å². The molecule has 1 rings (SSSR count). The maximum Gasteiger partial charge on any atom is 0.330 e. The lowest BCUT2D eigenvalue weighted by atomic mass is 9.72. The second-order valence-electron chi connectivity index (χ2n) is 9.72. The van der Waals surface area contributed by atoms with Crippen LogP contribution in [0.4, 0.5) is 0 Å². The minimum absolute atomic E-state index is 0.177. The molecule has 0 aromatic heterocycles. The molecule has 0 bridgehead atoms. The van der Waals surface area contributed by atoms with Crippen LogP contribution < -0.4 is 5.32 Å². The number of allylic oxidation sites excluding steroid dienone is 9. The van der Waals surface area contributed by atoms with Crippen molar-refractivity contribution in [2.45, 2.75) is 79.9 Å². The minimum atomic E-state index is -4.49. The highest BCUT2D eigenvalue weighted by Crippen LogP contribution is 2.40. The smallest absolute Gasteiger partial charge is 0.330 e. The van der Waals surface area contributed by atoms with Gasteiger partial charge in [0.2, 0.25) is 5.91 Å². The van der Waals surface area contributed by atoms with E-state index in [-0.39, 0.29) is 5.41 Å². The quantitative estimate of drug-likeness (QED) is 0.195. The molecule has 8 heteroatoms. The van der Waals surface area contributed by atoms with Crippen molar-refractivity contribution in [1.82, 2.24) is 5.32 Å². The molecular formula is C26H39NO6S. The summed E-state index contributed by atoms with van der Waals surface area (Å²) in [5.41, 5.74) is 4.65. The van der Waals surface area contributed by atoms with Gasteiger partial charge in [-0.15, -0.1) is 0 Å². The summed E-state index contributed by atoms with van der Waals surface area (Å²) in [6, 6.07) is -1.51. The van der Waals surface area contributed by atoms with Gasteiger partial charge >= 0.3 is 5.97 Å². The molecule has 0 saturated heterocycles. The number of ether oxygens (including phenoxy) is 1. The summed E-state index contributed by atoms with van der Waals surface area (Å²) in [7, 11) is -4.49. The fourth-order valence-corrected chi connectivity index (χ4v) is 4.43. The zero-order chi connectivity index (χ0) is 26.1. The third-order valence-corrected chi connectivity index (χ3v) is 6.22. The van der Waals surface area contributed by atoms with Crippen LogP contribution in [0.15, 0.2) is 58.7 Å². The van der Waals surface area contributed by atoms with Crippen LogP contribution >= 0.6 is 0 Å². The van der Waals surface area contributed by atoms with E-state index >= 15 is 0 Å². The molecule has 0 radical (unpaired) electrons. The summed E-state index contributed by atoms with van der Waals surface area (Å²) < 4.78 is 36.4. The fraction of sp³-hybridized carbons (Fsp3) is 0.538. The van der Waals surface area contributed by atoms with E-state index in [0.29, 0.717) is 5.57 Å². The number of rotatable bonds is 10. The minimum Gasteiger partial charge on any atom is -0.461 e. The van der Waals surface area contributed by atoms with Crippen LogP contribution in [-0.4, -0.2) is 42.7 Å². The van der Waals surface area contributed by atoms with Crippen LogP contribution in [0.3, 0.4) is 0 Å². The summed E-state index contributed by atoms with van der Waals surface area (Å²) >= 11 is 0. The molecule has 0 fully saturated rings. The van der Waals surface area contributed by atoms with Crippen molar-refractivity contribution in [3.63, 3.8) is 0 Å². The first-order valence-electron chi connectivity index (χ1n) is 11.5. The average molecular weight is 494 g/mol. The fourth-order valence-electron chi connectivity index (χ4n) is 3.79. The number of carbonyl (C=O) groups is 2. The van der Waals surface area contributed by atoms with Gasteiger partial charge in [-0.05, 0) is 70.4 Å². The summed E-state index contributed by atoms with van der Waals surface area (Å²) in [6.07, 6.45) is 14.0. The van der Waals surface area contributed by atoms with Gasteiger partial charge in [0, 0.05) is 6.08 Å². The third kappa shape index (κ3) is 11.1. The number of carbonyl (C=O) groups excluding carboxylic acids is 2. The lowest BCUT2D eigenvalue weighted by molar-refractivity contribution is -0.150. The Morgan fingerprint density at radius 1 is 1.18 bits per heavy atom. The molecule has 1 aliphatic carbocycles. The van der Waals surface area contributed by atoms with Gasteiger partial charge in [-0.2, -0.15) is 8.42 Å². The van der Waals surface area contributed by atoms with E-state index < -0.39 is 39.9 Å². The Labute approximate surface area is 204 Å². The molecule has 0 saturated carbocycles. The van der Waals surface area contributed by atoms with Crippen molar-refractivity contribution >= 4 is 22.0 Å². The van der Waals surface area contributed by atoms with Crippen LogP contribution in [0.5, 0.6) is 0 Å². The summed E-state index contributed by atoms with van der Waals surface area (Å²) in [4.78, 5) is 24.3. The molecule has 7 nitrogen and oxygen atoms in total. The molecule has 2 N–H and O–H groups in total. The highest BCUT2D eigenvalue weighted by molar-refractivity contribution is 7.85. The van der Waals surface area contributed by atoms with Crippen molar-refractivity contribution < 1.29 is 27.3 Å². The molecule has 0 spiro atoms. The van der Waals surface area contributed by atoms with Gasteiger partial charge in [0.15, 0.2) is 0 Å². The van der Waals surface area contributed by atoms with Crippen LogP contribution in [0, 0.1) is 5.41 Å². The van der Waals surface area contributed by atoms with E-state index in [9.17, 15) is 18.0 Å². The SMILES string of the molecule is CC(C=CC1=C(C)CCCC1(C)C)=CC=C/C(C)=C\C(=O)N[C@@H](CS(=O)(=O)O)C(=O)OC(C)C. The predicted molar refractivity (Wildman–Crippen MR) is 136 cm³/mol. The molecule has 0 aliphatic heterocycles. The normalized spacial score (nSPS) is 18.6. The van der Waals surface area contributed by atoms with Crippen molar-refractivity contribution in [2.75, 3.05) is 5.75 Å². The topological polar surface area (TPSA) is 110 Å². The van der Waals surface area contributed by atoms with Crippen molar-refractivity contribution in [1.29, 1.82) is 0 Å². The van der Waals surface area contributed by atoms with Crippen LogP contribution in [0.25, 0.3) is 0 Å². The molecular weight excluding hydrogens is 454 g/mol. The summed E-state index contributed by atoms with van der Waals surface area (Å²) in [6.45, 7) is 13.6. The monoisotopic (exact) mass is 493 g/mol. The summed E-state index contributed by atoms with van der Waals surface area (Å²) in [5.74, 6) is -2.56. The van der Waals surface area contributed by atoms with E-state index in [1.165, 1.54) is 30.1 Å². The lowest BCUT2D eigenvalue weighted by Gasteiger charge is -2.32. The summed E-state index contributed by atoms with van der Waals surface area (Å²) in [5, 5.41) is 2.28. The number of amides is 1. The van der Waals surface area contributed by atoms with E-state index in [2.05, 4.69) is 38.2 Å². The molecule has 1 amide bonds. The zero-order valence-corrected chi connectivity index (χ0v) is 22.2. The molecule has 0 aromatic carbocycles. The Kier molecular flexibility index (Phi) is 11.2. The number of nitrogens with one attached hydrogen (secondary N) is 1. The van der Waals surface area contributed by atoms with E-state index in [4.69, 9.17) is 9.29 Å². The van der Waals surface area contributed by atoms with Crippen molar-refractivity contribution in [3.8, 4) is 0 Å². The van der Waals surface area contributed by atoms with Crippen LogP contribution in [-0.2, 0) is 24.4 Å². The van der Waals surface area contributed by atoms with Gasteiger partial charge in [0.1, 0.15) is 11.8 Å². The first-order valence-corrected chi connectivity index (χ1v) is 13.1. The van der Waals surface area contributed by atoms with Gasteiger partial charge in [0.05, 0.1) is 6.10 Å². The standard InChI is InChI=1S/C26H39NO6S/c1-18(2)33-25(29)23(17-34(30,31)32)27-24(28)16-20(4)11-8-10-19(3)13-14-22-21(5)12-9-15-26(22,6)7/h8,10-11,13-14,16,18,23H,9,12,15,17H2,1-7H3,(H,27,28)(H,30,31,32)/b11-8?,14-13?,19-10?,20-16-/t23-/m0/s1. The average Bonchev–Trinajstić information content (AvgIpc) is 2.64. The predicted octanol–water partition coefficient (Wildman–Crippen LogP) is 4.84. The van der Waals surface area contributed by atoms with E-state index in [0.717, 1.165) is 12.0 Å². The van der Waals surface area contributed by atoms with Gasteiger partial charge in [-0.1, -0.05) is 55.4 Å². The van der Waals surface area contributed by atoms with Gasteiger partial charge < -0.3 is 10.1 Å². The van der Waals surface area contributed by atoms with Gasteiger partial charge in [-0.3, -0.25) is 9.35 Å². The maximum absolute atomic E-state index is 12.3. The molecule has 1 atom stereocenters. The maximum atomic E-state index is 12.3. The molecule has 0 heterocycles. The number of esters is 1. The Morgan fingerprint density at radius 3 is 2.38 bits per heavy atom. The van der Waals surface area contributed by atoms with Gasteiger partial charge in [0.25, 0.3) is 10.1 Å². The first-order chi connectivity index (χ1) is 15.6. The number of hydrogen-bond donors (Lipinski definition) is 2. The number of hydrogen-bond acceptors (Lipinski definition) is 5. The van der Waals surface area contributed by atoms with Crippen molar-refractivity contribution in [3.05, 3.63) is 58.7 Å². The Balaban J connectivity index is 2.83. The van der Waals surface area contributed by atoms with Crippen molar-refractivity contribution in [2.24, 2.45) is 5.41 Å². The third-order valence-electron chi connectivity index (χ3n) is 5.46. The molecule has 1 aliphatic rings. The highest BCUT2D eigenvalue weighted by atomic mass is 32.2. The second kappa shape index (κ2) is 12.9. The first kappa shape index (κ1) is 29.6. The zero-order valence-electron chi connectivity index (χ0n) is 21.3. The largest absolute Gasteiger partial charge is 0.461 e. The molecule has 0 unspecified atom stereocenters. The molecule has 34 heavy (non-hydrogen) atoms. The van der Waals surface area contributed by atoms with Gasteiger partial charge in [-0.25, -0.2) is 4.79 Å². The Morgan fingerprint density at radius 2 is 1.82 bits per heavy atom. The van der Waals surface area contributed by atoms with E-state index in [1.807, 2.05) is 19.1 Å². The molecule has 0 aromatic rings. The Hall–Kier alpha value is -2.45. The van der Waals surface area contributed by atoms with Crippen LogP contribution in [0.1, 0.15) is 67.7 Å². The van der Waals surface area contributed by atoms with Crippen LogP contribution in [0.2, 0.25) is 0 Å². The second-order valence-corrected chi connectivity index (χ2v) is 11.2. The molecule has 190 valence electrons. The highest BCUT2D eigenvalue weighted by Gasteiger charge is 2.28.